The molecule has 2 nitrogen and oxygen atoms in total. The lowest BCUT2D eigenvalue weighted by atomic mass is 9.86. The zero-order chi connectivity index (χ0) is 9.97. The van der Waals surface area contributed by atoms with Crippen LogP contribution in [-0.4, -0.2) is 35.2 Å². The van der Waals surface area contributed by atoms with Crippen molar-refractivity contribution >= 4 is 0 Å². The number of aliphatic hydroxyl groups is 1. The van der Waals surface area contributed by atoms with Crippen LogP contribution in [0.3, 0.4) is 0 Å². The minimum absolute atomic E-state index is 0.366. The Labute approximate surface area is 87.3 Å². The first-order valence-corrected chi connectivity index (χ1v) is 6.18. The molecule has 2 rings (SSSR count). The van der Waals surface area contributed by atoms with Gasteiger partial charge in [0.1, 0.15) is 0 Å². The Kier molecular flexibility index (Phi) is 3.45. The van der Waals surface area contributed by atoms with Gasteiger partial charge in [0.2, 0.25) is 0 Å². The van der Waals surface area contributed by atoms with Gasteiger partial charge in [-0.25, -0.2) is 0 Å². The number of hydrogen-bond donors (Lipinski definition) is 1. The van der Waals surface area contributed by atoms with E-state index in [1.807, 2.05) is 0 Å². The van der Waals surface area contributed by atoms with Crippen LogP contribution in [0.1, 0.15) is 45.4 Å². The molecular weight excluding hydrogens is 174 g/mol. The highest BCUT2D eigenvalue weighted by Gasteiger charge is 2.32. The lowest BCUT2D eigenvalue weighted by Crippen LogP contribution is -2.43. The van der Waals surface area contributed by atoms with E-state index >= 15 is 0 Å². The highest BCUT2D eigenvalue weighted by molar-refractivity contribution is 4.87. The van der Waals surface area contributed by atoms with Gasteiger partial charge in [0.05, 0.1) is 6.61 Å². The number of hydrogen-bond acceptors (Lipinski definition) is 2. The van der Waals surface area contributed by atoms with Gasteiger partial charge in [-0.2, -0.15) is 0 Å². The molecule has 0 radical (unpaired) electrons. The Bertz CT molecular complexity index is 183. The van der Waals surface area contributed by atoms with Crippen LogP contribution in [0.2, 0.25) is 0 Å². The van der Waals surface area contributed by atoms with Crippen LogP contribution < -0.4 is 0 Å². The van der Waals surface area contributed by atoms with Crippen molar-refractivity contribution in [3.8, 4) is 0 Å². The second kappa shape index (κ2) is 4.63. The summed E-state index contributed by atoms with van der Waals surface area (Å²) in [5.74, 6) is 0.897. The van der Waals surface area contributed by atoms with Crippen molar-refractivity contribution in [2.24, 2.45) is 5.92 Å². The van der Waals surface area contributed by atoms with Crippen molar-refractivity contribution < 1.29 is 5.11 Å². The van der Waals surface area contributed by atoms with Gasteiger partial charge in [0.15, 0.2) is 0 Å². The summed E-state index contributed by atoms with van der Waals surface area (Å²) in [6.45, 7) is 3.96. The maximum Gasteiger partial charge on any atom is 0.0586 e. The molecule has 0 unspecified atom stereocenters. The molecule has 1 saturated heterocycles. The topological polar surface area (TPSA) is 23.5 Å². The molecule has 0 aromatic carbocycles. The molecule has 1 N–H and O–H groups in total. The van der Waals surface area contributed by atoms with Crippen LogP contribution in [0.4, 0.5) is 0 Å². The van der Waals surface area contributed by atoms with Crippen LogP contribution in [0, 0.1) is 5.92 Å². The predicted octanol–water partition coefficient (Wildman–Crippen LogP) is 2.02. The van der Waals surface area contributed by atoms with Crippen LogP contribution in [0.25, 0.3) is 0 Å². The molecule has 82 valence electrons. The Morgan fingerprint density at radius 1 is 1.21 bits per heavy atom. The van der Waals surface area contributed by atoms with Crippen LogP contribution in [-0.2, 0) is 0 Å². The Balaban J connectivity index is 1.92. The van der Waals surface area contributed by atoms with Gasteiger partial charge in [-0.1, -0.05) is 19.8 Å². The summed E-state index contributed by atoms with van der Waals surface area (Å²) in [4.78, 5) is 2.58. The molecule has 0 amide bonds. The van der Waals surface area contributed by atoms with Gasteiger partial charge in [0, 0.05) is 12.1 Å². The molecular formula is C12H23NO. The molecule has 2 fully saturated rings. The van der Waals surface area contributed by atoms with Crippen LogP contribution in [0.5, 0.6) is 0 Å². The Morgan fingerprint density at radius 2 is 2.07 bits per heavy atom. The first-order valence-electron chi connectivity index (χ1n) is 6.18. The van der Waals surface area contributed by atoms with Crippen LogP contribution >= 0.6 is 0 Å². The standard InChI is InChI=1S/C12H23NO/c1-10-4-2-5-11(8-10)13-7-3-6-12(13)9-14/h10-12,14H,2-9H2,1H3/t10-,11+,12+/m0/s1. The minimum atomic E-state index is 0.366. The molecule has 0 aromatic heterocycles. The Hall–Kier alpha value is -0.0800. The third-order valence-corrected chi connectivity index (χ3v) is 4.01. The first kappa shape index (κ1) is 10.4. The number of aliphatic hydroxyl groups excluding tert-OH is 1. The van der Waals surface area contributed by atoms with Crippen molar-refractivity contribution in [3.05, 3.63) is 0 Å². The predicted molar refractivity (Wildman–Crippen MR) is 58.2 cm³/mol. The lowest BCUT2D eigenvalue weighted by molar-refractivity contribution is 0.0859. The van der Waals surface area contributed by atoms with E-state index in [1.54, 1.807) is 0 Å². The van der Waals surface area contributed by atoms with Gasteiger partial charge in [0.25, 0.3) is 0 Å². The maximum absolute atomic E-state index is 9.29. The highest BCUT2D eigenvalue weighted by Crippen LogP contribution is 2.31. The van der Waals surface area contributed by atoms with E-state index in [9.17, 15) is 5.11 Å². The summed E-state index contributed by atoms with van der Waals surface area (Å²) in [6.07, 6.45) is 8.02. The summed E-state index contributed by atoms with van der Waals surface area (Å²) in [7, 11) is 0. The van der Waals surface area contributed by atoms with Gasteiger partial charge < -0.3 is 5.11 Å². The summed E-state index contributed by atoms with van der Waals surface area (Å²) in [5.41, 5.74) is 0. The van der Waals surface area contributed by atoms with E-state index in [4.69, 9.17) is 0 Å². The largest absolute Gasteiger partial charge is 0.395 e. The third kappa shape index (κ3) is 2.12. The molecule has 14 heavy (non-hydrogen) atoms. The smallest absolute Gasteiger partial charge is 0.0586 e. The average molecular weight is 197 g/mol. The van der Waals surface area contributed by atoms with E-state index in [0.717, 1.165) is 12.0 Å². The fourth-order valence-corrected chi connectivity index (χ4v) is 3.24. The molecule has 1 heterocycles. The molecule has 1 saturated carbocycles. The van der Waals surface area contributed by atoms with E-state index in [1.165, 1.54) is 45.1 Å². The average Bonchev–Trinajstić information content (AvgIpc) is 2.65. The summed E-state index contributed by atoms with van der Waals surface area (Å²) >= 11 is 0. The van der Waals surface area contributed by atoms with Crippen molar-refractivity contribution in [3.63, 3.8) is 0 Å². The van der Waals surface area contributed by atoms with Crippen molar-refractivity contribution in [2.75, 3.05) is 13.2 Å². The second-order valence-electron chi connectivity index (χ2n) is 5.14. The molecule has 2 heteroatoms. The zero-order valence-corrected chi connectivity index (χ0v) is 9.28. The fraction of sp³-hybridized carbons (Fsp3) is 1.00. The van der Waals surface area contributed by atoms with Crippen molar-refractivity contribution in [1.82, 2.24) is 4.90 Å². The molecule has 0 aromatic rings. The molecule has 1 aliphatic carbocycles. The van der Waals surface area contributed by atoms with E-state index in [2.05, 4.69) is 11.8 Å². The third-order valence-electron chi connectivity index (χ3n) is 4.01. The molecule has 3 atom stereocenters. The van der Waals surface area contributed by atoms with Gasteiger partial charge in [-0.3, -0.25) is 4.90 Å². The van der Waals surface area contributed by atoms with E-state index < -0.39 is 0 Å². The maximum atomic E-state index is 9.29. The highest BCUT2D eigenvalue weighted by atomic mass is 16.3. The number of rotatable bonds is 2. The molecule has 0 spiro atoms. The first-order chi connectivity index (χ1) is 6.81. The van der Waals surface area contributed by atoms with E-state index in [0.29, 0.717) is 12.6 Å². The SMILES string of the molecule is C[C@H]1CCC[C@@H](N2CCC[C@@H]2CO)C1. The fourth-order valence-electron chi connectivity index (χ4n) is 3.24. The lowest BCUT2D eigenvalue weighted by Gasteiger charge is -2.37. The van der Waals surface area contributed by atoms with E-state index in [-0.39, 0.29) is 0 Å². The van der Waals surface area contributed by atoms with Crippen LogP contribution in [0.15, 0.2) is 0 Å². The van der Waals surface area contributed by atoms with Gasteiger partial charge >= 0.3 is 0 Å². The summed E-state index contributed by atoms with van der Waals surface area (Å²) in [5, 5.41) is 9.29. The summed E-state index contributed by atoms with van der Waals surface area (Å²) in [6, 6.07) is 1.25. The number of likely N-dealkylation sites (tertiary alicyclic amines) is 1. The summed E-state index contributed by atoms with van der Waals surface area (Å²) < 4.78 is 0. The van der Waals surface area contributed by atoms with Gasteiger partial charge in [-0.05, 0) is 38.1 Å². The Morgan fingerprint density at radius 3 is 2.79 bits per heavy atom. The molecule has 0 bridgehead atoms. The molecule has 1 aliphatic heterocycles. The number of nitrogens with zero attached hydrogens (tertiary/aromatic N) is 1. The van der Waals surface area contributed by atoms with Crippen molar-refractivity contribution in [1.29, 1.82) is 0 Å². The van der Waals surface area contributed by atoms with Crippen molar-refractivity contribution in [2.45, 2.75) is 57.5 Å². The zero-order valence-electron chi connectivity index (χ0n) is 9.28. The molecule has 2 aliphatic rings. The minimum Gasteiger partial charge on any atom is -0.395 e. The quantitative estimate of drug-likeness (QED) is 0.732. The monoisotopic (exact) mass is 197 g/mol. The normalized spacial score (nSPS) is 40.3. The van der Waals surface area contributed by atoms with Gasteiger partial charge in [-0.15, -0.1) is 0 Å². The second-order valence-corrected chi connectivity index (χ2v) is 5.14.